The van der Waals surface area contributed by atoms with E-state index >= 15 is 0 Å². The van der Waals surface area contributed by atoms with Crippen LogP contribution in [0.15, 0.2) is 12.4 Å². The monoisotopic (exact) mass is 340 g/mol. The molecule has 0 radical (unpaired) electrons. The first-order chi connectivity index (χ1) is 10.3. The van der Waals surface area contributed by atoms with Gasteiger partial charge in [-0.1, -0.05) is 9.69 Å². The molecule has 0 spiro atoms. The third-order valence-corrected chi connectivity index (χ3v) is 3.17. The van der Waals surface area contributed by atoms with Gasteiger partial charge in [0.2, 0.25) is 0 Å². The van der Waals surface area contributed by atoms with E-state index in [1.807, 2.05) is 27.7 Å². The van der Waals surface area contributed by atoms with Crippen molar-refractivity contribution in [2.45, 2.75) is 40.5 Å². The first kappa shape index (κ1) is 21.3. The molecular weight excluding hydrogens is 316 g/mol. The smallest absolute Gasteiger partial charge is 0.335 e. The van der Waals surface area contributed by atoms with E-state index < -0.39 is 11.9 Å². The molecule has 0 bridgehead atoms. The molecule has 24 heavy (non-hydrogen) atoms. The van der Waals surface area contributed by atoms with E-state index in [1.54, 1.807) is 12.4 Å². The van der Waals surface area contributed by atoms with Crippen molar-refractivity contribution in [3.05, 3.63) is 34.9 Å². The van der Waals surface area contributed by atoms with Gasteiger partial charge in [-0.15, -0.1) is 10.2 Å². The van der Waals surface area contributed by atoms with Gasteiger partial charge in [-0.25, -0.2) is 9.59 Å². The first-order valence-electron chi connectivity index (χ1n) is 6.83. The molecule has 2 aromatic rings. The van der Waals surface area contributed by atoms with E-state index in [1.165, 1.54) is 0 Å². The molecule has 0 atom stereocenters. The fraction of sp³-hybridized carbons (Fsp3) is 0.429. The van der Waals surface area contributed by atoms with Crippen molar-refractivity contribution in [3.63, 3.8) is 0 Å². The second kappa shape index (κ2) is 8.79. The Bertz CT molecular complexity index is 607. The second-order valence-electron chi connectivity index (χ2n) is 5.03. The zero-order valence-electron chi connectivity index (χ0n) is 14.4. The van der Waals surface area contributed by atoms with Crippen molar-refractivity contribution in [1.29, 1.82) is 0 Å². The number of carbonyl (C=O) groups excluding carboxylic acids is 2. The molecule has 0 fully saturated rings. The summed E-state index contributed by atoms with van der Waals surface area (Å²) in [6.45, 7) is 7.34. The predicted octanol–water partition coefficient (Wildman–Crippen LogP) is 1.03. The van der Waals surface area contributed by atoms with E-state index in [2.05, 4.69) is 10.2 Å². The Hall–Kier alpha value is -2.72. The van der Waals surface area contributed by atoms with Gasteiger partial charge in [-0.3, -0.25) is 0 Å². The largest absolute Gasteiger partial charge is 0.344 e. The van der Waals surface area contributed by atoms with E-state index in [0.717, 1.165) is 32.2 Å². The Morgan fingerprint density at radius 1 is 0.833 bits per heavy atom. The molecule has 6 N–H and O–H groups in total. The first-order valence-corrected chi connectivity index (χ1v) is 6.83. The fourth-order valence-electron chi connectivity index (χ4n) is 1.63. The van der Waals surface area contributed by atoms with Gasteiger partial charge in [0.25, 0.3) is 0 Å². The lowest BCUT2D eigenvalue weighted by molar-refractivity contribution is -0.152. The minimum atomic E-state index is -0.563. The standard InChI is InChI=1S/C14H18N4O4.2H3N/c1-9-7-17(15-11(9)3)21-13(19)5-6-14(20)22-18-8-10(2)12(4)16-18;;/h7-8H,5-6H2,1-4H3;2*1H3. The maximum Gasteiger partial charge on any atom is 0.335 e. The molecule has 0 aliphatic rings. The Labute approximate surface area is 139 Å². The maximum absolute atomic E-state index is 11.6. The highest BCUT2D eigenvalue weighted by Gasteiger charge is 2.13. The molecule has 0 aliphatic heterocycles. The molecule has 0 unspecified atom stereocenters. The summed E-state index contributed by atoms with van der Waals surface area (Å²) in [5.41, 5.74) is 3.38. The average molecular weight is 340 g/mol. The molecule has 10 nitrogen and oxygen atoms in total. The highest BCUT2D eigenvalue weighted by Crippen LogP contribution is 2.03. The van der Waals surface area contributed by atoms with Crippen LogP contribution in [0, 0.1) is 27.7 Å². The van der Waals surface area contributed by atoms with Crippen molar-refractivity contribution in [2.24, 2.45) is 0 Å². The van der Waals surface area contributed by atoms with Gasteiger partial charge < -0.3 is 22.0 Å². The summed E-state index contributed by atoms with van der Waals surface area (Å²) >= 11 is 0. The summed E-state index contributed by atoms with van der Waals surface area (Å²) in [6, 6.07) is 0. The summed E-state index contributed by atoms with van der Waals surface area (Å²) in [4.78, 5) is 35.4. The molecule has 0 saturated carbocycles. The number of aryl methyl sites for hydroxylation is 4. The number of aromatic nitrogens is 4. The molecule has 2 heterocycles. The number of hydrogen-bond acceptors (Lipinski definition) is 8. The van der Waals surface area contributed by atoms with Crippen LogP contribution < -0.4 is 22.0 Å². The van der Waals surface area contributed by atoms with E-state index in [0.29, 0.717) is 0 Å². The zero-order valence-corrected chi connectivity index (χ0v) is 14.4. The molecule has 2 rings (SSSR count). The SMILES string of the molecule is Cc1cn(OC(=O)CCC(=O)On2cc(C)c(C)n2)nc1C.N.N. The fourth-order valence-corrected chi connectivity index (χ4v) is 1.63. The van der Waals surface area contributed by atoms with Crippen LogP contribution in [0.1, 0.15) is 35.4 Å². The highest BCUT2D eigenvalue weighted by atomic mass is 16.7. The summed E-state index contributed by atoms with van der Waals surface area (Å²) in [7, 11) is 0. The van der Waals surface area contributed by atoms with E-state index in [4.69, 9.17) is 9.68 Å². The van der Waals surface area contributed by atoms with Crippen molar-refractivity contribution in [3.8, 4) is 0 Å². The summed E-state index contributed by atoms with van der Waals surface area (Å²) < 4.78 is 0. The molecule has 0 aliphatic carbocycles. The molecule has 2 aromatic heterocycles. The predicted molar refractivity (Wildman–Crippen MR) is 85.9 cm³/mol. The van der Waals surface area contributed by atoms with Gasteiger partial charge in [0, 0.05) is 0 Å². The number of rotatable bonds is 5. The normalized spacial score (nSPS) is 9.67. The van der Waals surface area contributed by atoms with E-state index in [9.17, 15) is 9.59 Å². The lowest BCUT2D eigenvalue weighted by Crippen LogP contribution is -2.24. The van der Waals surface area contributed by atoms with Crippen molar-refractivity contribution in [1.82, 2.24) is 32.2 Å². The Kier molecular flexibility index (Phi) is 7.80. The Balaban J connectivity index is 0.00000264. The Morgan fingerprint density at radius 2 is 1.17 bits per heavy atom. The summed E-state index contributed by atoms with van der Waals surface area (Å²) in [5, 5.41) is 8.00. The quantitative estimate of drug-likeness (QED) is 0.816. The van der Waals surface area contributed by atoms with Crippen molar-refractivity contribution < 1.29 is 19.3 Å². The van der Waals surface area contributed by atoms with Crippen molar-refractivity contribution in [2.75, 3.05) is 0 Å². The van der Waals surface area contributed by atoms with Crippen LogP contribution in [0.2, 0.25) is 0 Å². The van der Waals surface area contributed by atoms with Crippen molar-refractivity contribution >= 4 is 11.9 Å². The van der Waals surface area contributed by atoms with Crippen LogP contribution in [-0.4, -0.2) is 31.8 Å². The van der Waals surface area contributed by atoms with Crippen LogP contribution in [0.5, 0.6) is 0 Å². The second-order valence-corrected chi connectivity index (χ2v) is 5.03. The highest BCUT2D eigenvalue weighted by molar-refractivity contribution is 5.77. The van der Waals surface area contributed by atoms with Crippen LogP contribution in [0.4, 0.5) is 0 Å². The third kappa shape index (κ3) is 5.48. The minimum Gasteiger partial charge on any atom is -0.344 e. The maximum atomic E-state index is 11.6. The molecule has 0 saturated heterocycles. The van der Waals surface area contributed by atoms with Gasteiger partial charge in [0.05, 0.1) is 36.6 Å². The van der Waals surface area contributed by atoms with Gasteiger partial charge in [-0.05, 0) is 38.8 Å². The molecule has 0 aromatic carbocycles. The minimum absolute atomic E-state index is 0. The molecular formula is C14H24N6O4. The van der Waals surface area contributed by atoms with Gasteiger partial charge in [0.1, 0.15) is 0 Å². The molecule has 10 heteroatoms. The average Bonchev–Trinajstić information content (AvgIpc) is 2.90. The van der Waals surface area contributed by atoms with Crippen LogP contribution in [0.25, 0.3) is 0 Å². The third-order valence-electron chi connectivity index (χ3n) is 3.17. The Morgan fingerprint density at radius 3 is 1.42 bits per heavy atom. The van der Waals surface area contributed by atoms with Gasteiger partial charge in [0.15, 0.2) is 0 Å². The number of hydrogen-bond donors (Lipinski definition) is 2. The van der Waals surface area contributed by atoms with Crippen LogP contribution >= 0.6 is 0 Å². The number of nitrogens with zero attached hydrogens (tertiary/aromatic N) is 4. The molecule has 134 valence electrons. The number of carbonyl (C=O) groups is 2. The summed E-state index contributed by atoms with van der Waals surface area (Å²) in [5.74, 6) is -1.13. The van der Waals surface area contributed by atoms with E-state index in [-0.39, 0.29) is 25.1 Å². The topological polar surface area (TPSA) is 158 Å². The summed E-state index contributed by atoms with van der Waals surface area (Å²) in [6.07, 6.45) is 2.99. The lowest BCUT2D eigenvalue weighted by Gasteiger charge is -2.03. The van der Waals surface area contributed by atoms with Crippen LogP contribution in [0.3, 0.4) is 0 Å². The van der Waals surface area contributed by atoms with Gasteiger partial charge >= 0.3 is 11.9 Å². The van der Waals surface area contributed by atoms with Gasteiger partial charge in [-0.2, -0.15) is 0 Å². The molecule has 0 amide bonds. The zero-order chi connectivity index (χ0) is 16.3. The lowest BCUT2D eigenvalue weighted by atomic mass is 10.3. The van der Waals surface area contributed by atoms with Crippen LogP contribution in [-0.2, 0) is 9.59 Å².